The van der Waals surface area contributed by atoms with Crippen LogP contribution in [-0.4, -0.2) is 32.9 Å². The van der Waals surface area contributed by atoms with Crippen molar-refractivity contribution < 1.29 is 4.79 Å². The molecule has 1 N–H and O–H groups in total. The molecule has 1 saturated heterocycles. The fourth-order valence-corrected chi connectivity index (χ4v) is 4.17. The van der Waals surface area contributed by atoms with E-state index in [4.69, 9.17) is 0 Å². The highest BCUT2D eigenvalue weighted by atomic mass is 32.1. The predicted molar refractivity (Wildman–Crippen MR) is 105 cm³/mol. The number of likely N-dealkylation sites (tertiary alicyclic amines) is 1. The molecular formula is C20H22N4OS. The highest BCUT2D eigenvalue weighted by Gasteiger charge is 2.30. The topological polar surface area (TPSA) is 50.2 Å². The molecule has 0 bridgehead atoms. The normalized spacial score (nSPS) is 17.5. The molecule has 2 aromatic heterocycles. The number of nitrogens with one attached hydrogen (secondary N) is 1. The smallest absolute Gasteiger partial charge is 0.241 e. The van der Waals surface area contributed by atoms with Crippen LogP contribution in [0.5, 0.6) is 0 Å². The number of nitrogens with zero attached hydrogens (tertiary/aromatic N) is 3. The van der Waals surface area contributed by atoms with Crippen molar-refractivity contribution >= 4 is 22.9 Å². The minimum Gasteiger partial charge on any atom is -0.325 e. The number of carbonyl (C=O) groups is 1. The lowest BCUT2D eigenvalue weighted by molar-refractivity contribution is -0.120. The van der Waals surface area contributed by atoms with Gasteiger partial charge in [-0.15, -0.1) is 0 Å². The highest BCUT2D eigenvalue weighted by Crippen LogP contribution is 2.23. The van der Waals surface area contributed by atoms with Crippen molar-refractivity contribution in [3.8, 4) is 5.69 Å². The van der Waals surface area contributed by atoms with Gasteiger partial charge in [0.25, 0.3) is 0 Å². The van der Waals surface area contributed by atoms with Gasteiger partial charge in [0.1, 0.15) is 5.82 Å². The Balaban J connectivity index is 1.41. The average Bonchev–Trinajstić information content (AvgIpc) is 3.38. The van der Waals surface area contributed by atoms with Gasteiger partial charge in [0, 0.05) is 30.3 Å². The second-order valence-corrected chi connectivity index (χ2v) is 7.42. The Hall–Kier alpha value is -2.44. The fraction of sp³-hybridized carbons (Fsp3) is 0.300. The van der Waals surface area contributed by atoms with Gasteiger partial charge in [0.05, 0.1) is 6.04 Å². The zero-order valence-electron chi connectivity index (χ0n) is 14.8. The number of benzene rings is 1. The zero-order chi connectivity index (χ0) is 17.9. The fourth-order valence-electron chi connectivity index (χ4n) is 3.51. The van der Waals surface area contributed by atoms with Gasteiger partial charge in [0.2, 0.25) is 5.91 Å². The molecule has 1 aromatic carbocycles. The quantitative estimate of drug-likeness (QED) is 0.746. The first-order valence-electron chi connectivity index (χ1n) is 8.87. The van der Waals surface area contributed by atoms with E-state index in [1.54, 1.807) is 17.5 Å². The first-order chi connectivity index (χ1) is 12.7. The summed E-state index contributed by atoms with van der Waals surface area (Å²) in [4.78, 5) is 19.3. The Kier molecular flexibility index (Phi) is 4.86. The van der Waals surface area contributed by atoms with Crippen molar-refractivity contribution in [3.63, 3.8) is 0 Å². The van der Waals surface area contributed by atoms with E-state index in [0.717, 1.165) is 43.1 Å². The summed E-state index contributed by atoms with van der Waals surface area (Å²) in [5.41, 5.74) is 3.16. The maximum atomic E-state index is 12.8. The minimum atomic E-state index is -0.0505. The van der Waals surface area contributed by atoms with Crippen LogP contribution in [0.4, 0.5) is 5.69 Å². The summed E-state index contributed by atoms with van der Waals surface area (Å²) in [6.45, 7) is 3.80. The highest BCUT2D eigenvalue weighted by molar-refractivity contribution is 7.07. The van der Waals surface area contributed by atoms with Gasteiger partial charge in [-0.3, -0.25) is 9.69 Å². The van der Waals surface area contributed by atoms with Crippen molar-refractivity contribution in [2.75, 3.05) is 11.9 Å². The summed E-state index contributed by atoms with van der Waals surface area (Å²) in [7, 11) is 0. The van der Waals surface area contributed by atoms with Crippen molar-refractivity contribution in [2.45, 2.75) is 32.4 Å². The van der Waals surface area contributed by atoms with E-state index in [-0.39, 0.29) is 11.9 Å². The van der Waals surface area contributed by atoms with Gasteiger partial charge in [-0.05, 0) is 73.0 Å². The SMILES string of the molecule is Cc1nccn1-c1ccc(NC(=O)C2CCCN2Cc2ccsc2)cc1. The Bertz CT molecular complexity index is 870. The number of carbonyl (C=O) groups excluding carboxylic acids is 1. The van der Waals surface area contributed by atoms with Crippen LogP contribution in [-0.2, 0) is 11.3 Å². The first kappa shape index (κ1) is 17.0. The molecule has 1 unspecified atom stereocenters. The molecule has 0 aliphatic carbocycles. The molecule has 0 spiro atoms. The molecule has 6 heteroatoms. The number of anilines is 1. The summed E-state index contributed by atoms with van der Waals surface area (Å²) in [6.07, 6.45) is 5.71. The Morgan fingerprint density at radius 2 is 2.15 bits per heavy atom. The molecule has 1 aliphatic heterocycles. The lowest BCUT2D eigenvalue weighted by atomic mass is 10.2. The number of imidazole rings is 1. The van der Waals surface area contributed by atoms with Crippen molar-refractivity contribution in [2.24, 2.45) is 0 Å². The summed E-state index contributed by atoms with van der Waals surface area (Å²) in [5.74, 6) is 1.03. The van der Waals surface area contributed by atoms with Crippen LogP contribution in [0.1, 0.15) is 24.2 Å². The van der Waals surface area contributed by atoms with E-state index in [0.29, 0.717) is 0 Å². The first-order valence-corrected chi connectivity index (χ1v) is 9.81. The van der Waals surface area contributed by atoms with Crippen LogP contribution in [0.3, 0.4) is 0 Å². The Labute approximate surface area is 157 Å². The predicted octanol–water partition coefficient (Wildman–Crippen LogP) is 3.85. The largest absolute Gasteiger partial charge is 0.325 e. The summed E-state index contributed by atoms with van der Waals surface area (Å²) >= 11 is 1.70. The lowest BCUT2D eigenvalue weighted by Gasteiger charge is -2.23. The summed E-state index contributed by atoms with van der Waals surface area (Å²) < 4.78 is 2.02. The van der Waals surface area contributed by atoms with Gasteiger partial charge >= 0.3 is 0 Å². The van der Waals surface area contributed by atoms with E-state index in [2.05, 4.69) is 32.0 Å². The van der Waals surface area contributed by atoms with E-state index in [9.17, 15) is 4.79 Å². The maximum Gasteiger partial charge on any atom is 0.241 e. The van der Waals surface area contributed by atoms with Gasteiger partial charge in [-0.1, -0.05) is 0 Å². The number of amides is 1. The van der Waals surface area contributed by atoms with Gasteiger partial charge in [-0.25, -0.2) is 4.98 Å². The molecule has 1 fully saturated rings. The number of aromatic nitrogens is 2. The molecule has 26 heavy (non-hydrogen) atoms. The number of hydrogen-bond donors (Lipinski definition) is 1. The second kappa shape index (κ2) is 7.43. The van der Waals surface area contributed by atoms with Crippen LogP contribution in [0.15, 0.2) is 53.5 Å². The zero-order valence-corrected chi connectivity index (χ0v) is 15.6. The third-order valence-electron chi connectivity index (χ3n) is 4.87. The van der Waals surface area contributed by atoms with Gasteiger partial charge in [0.15, 0.2) is 0 Å². The Morgan fingerprint density at radius 3 is 2.85 bits per heavy atom. The molecule has 134 valence electrons. The molecular weight excluding hydrogens is 344 g/mol. The van der Waals surface area contributed by atoms with Crippen LogP contribution >= 0.6 is 11.3 Å². The molecule has 1 aliphatic rings. The molecule has 1 amide bonds. The van der Waals surface area contributed by atoms with Gasteiger partial charge < -0.3 is 9.88 Å². The average molecular weight is 366 g/mol. The van der Waals surface area contributed by atoms with Crippen LogP contribution in [0.25, 0.3) is 5.69 Å². The standard InChI is InChI=1S/C20H22N4OS/c1-15-21-9-11-24(15)18-6-4-17(5-7-18)22-20(25)19-3-2-10-23(19)13-16-8-12-26-14-16/h4-9,11-12,14,19H,2-3,10,13H2,1H3,(H,22,25). The summed E-state index contributed by atoms with van der Waals surface area (Å²) in [6, 6.07) is 9.99. The molecule has 0 saturated carbocycles. The maximum absolute atomic E-state index is 12.8. The van der Waals surface area contributed by atoms with Crippen LogP contribution < -0.4 is 5.32 Å². The van der Waals surface area contributed by atoms with E-state index >= 15 is 0 Å². The Morgan fingerprint density at radius 1 is 1.31 bits per heavy atom. The van der Waals surface area contributed by atoms with E-state index < -0.39 is 0 Å². The minimum absolute atomic E-state index is 0.0505. The second-order valence-electron chi connectivity index (χ2n) is 6.64. The van der Waals surface area contributed by atoms with Crippen molar-refractivity contribution in [3.05, 3.63) is 64.9 Å². The molecule has 5 nitrogen and oxygen atoms in total. The molecule has 4 rings (SSSR count). The third-order valence-corrected chi connectivity index (χ3v) is 5.60. The van der Waals surface area contributed by atoms with Crippen LogP contribution in [0, 0.1) is 6.92 Å². The molecule has 0 radical (unpaired) electrons. The lowest BCUT2D eigenvalue weighted by Crippen LogP contribution is -2.39. The number of rotatable bonds is 5. The third kappa shape index (κ3) is 3.57. The van der Waals surface area contributed by atoms with Crippen LogP contribution in [0.2, 0.25) is 0 Å². The van der Waals surface area contributed by atoms with Crippen molar-refractivity contribution in [1.82, 2.24) is 14.5 Å². The van der Waals surface area contributed by atoms with Gasteiger partial charge in [-0.2, -0.15) is 11.3 Å². The van der Waals surface area contributed by atoms with E-state index in [1.807, 2.05) is 42.0 Å². The molecule has 1 atom stereocenters. The molecule has 3 aromatic rings. The van der Waals surface area contributed by atoms with E-state index in [1.165, 1.54) is 5.56 Å². The monoisotopic (exact) mass is 366 g/mol. The number of aryl methyl sites for hydroxylation is 1. The number of thiophene rings is 1. The number of hydrogen-bond acceptors (Lipinski definition) is 4. The summed E-state index contributed by atoms with van der Waals surface area (Å²) in [5, 5.41) is 7.32. The van der Waals surface area contributed by atoms with Crippen molar-refractivity contribution in [1.29, 1.82) is 0 Å². The molecule has 3 heterocycles.